The highest BCUT2D eigenvalue weighted by Crippen LogP contribution is 2.46. The molecule has 1 N–H and O–H groups in total. The van der Waals surface area contributed by atoms with Crippen LogP contribution in [-0.2, 0) is 14.2 Å². The number of carbonyl (C=O) groups is 1. The molecule has 0 radical (unpaired) electrons. The van der Waals surface area contributed by atoms with Crippen LogP contribution in [0.15, 0.2) is 12.3 Å². The second-order valence-electron chi connectivity index (χ2n) is 7.87. The number of methoxy groups -OCH3 is 1. The monoisotopic (exact) mass is 349 g/mol. The van der Waals surface area contributed by atoms with E-state index in [1.807, 2.05) is 26.8 Å². The van der Waals surface area contributed by atoms with Gasteiger partial charge in [-0.2, -0.15) is 0 Å². The van der Waals surface area contributed by atoms with E-state index >= 15 is 0 Å². The lowest BCUT2D eigenvalue weighted by Gasteiger charge is -2.37. The molecule has 0 saturated heterocycles. The first-order valence-electron chi connectivity index (χ1n) is 8.54. The molecule has 0 aliphatic heterocycles. The Balaban J connectivity index is 1.96. The van der Waals surface area contributed by atoms with Crippen LogP contribution >= 0.6 is 0 Å². The molecule has 1 fully saturated rings. The lowest BCUT2D eigenvalue weighted by Crippen LogP contribution is -2.49. The van der Waals surface area contributed by atoms with E-state index in [9.17, 15) is 9.90 Å². The van der Waals surface area contributed by atoms with E-state index in [4.69, 9.17) is 14.1 Å². The van der Waals surface area contributed by atoms with E-state index in [0.29, 0.717) is 13.4 Å². The Bertz CT molecular complexity index is 635. The number of ether oxygens (including phenoxy) is 2. The summed E-state index contributed by atoms with van der Waals surface area (Å²) in [6.45, 7) is 9.41. The molecule has 0 atom stereocenters. The Morgan fingerprint density at radius 1 is 1.36 bits per heavy atom. The lowest BCUT2D eigenvalue weighted by molar-refractivity contribution is -0.148. The summed E-state index contributed by atoms with van der Waals surface area (Å²) in [6.07, 6.45) is 3.29. The van der Waals surface area contributed by atoms with Crippen molar-refractivity contribution >= 4 is 18.9 Å². The summed E-state index contributed by atoms with van der Waals surface area (Å²) in [5.74, 6) is 0.265. The van der Waals surface area contributed by atoms with Gasteiger partial charge in [-0.3, -0.25) is 4.79 Å². The molecule has 138 valence electrons. The lowest BCUT2D eigenvalue weighted by atomic mass is 9.81. The molecule has 1 aromatic rings. The maximum atomic E-state index is 11.7. The predicted octanol–water partition coefficient (Wildman–Crippen LogP) is 1.26. The molecule has 1 heterocycles. The summed E-state index contributed by atoms with van der Waals surface area (Å²) in [5.41, 5.74) is -0.224. The minimum Gasteiger partial charge on any atom is -0.476 e. The van der Waals surface area contributed by atoms with Crippen molar-refractivity contribution in [2.45, 2.75) is 58.7 Å². The van der Waals surface area contributed by atoms with E-state index in [1.54, 1.807) is 20.0 Å². The van der Waals surface area contributed by atoms with Gasteiger partial charge in [0, 0.05) is 12.3 Å². The van der Waals surface area contributed by atoms with Gasteiger partial charge in [-0.05, 0) is 58.5 Å². The van der Waals surface area contributed by atoms with Gasteiger partial charge in [0.1, 0.15) is 12.0 Å². The molecule has 6 nitrogen and oxygen atoms in total. The first kappa shape index (κ1) is 19.7. The topological polar surface area (TPSA) is 77.9 Å². The van der Waals surface area contributed by atoms with Crippen LogP contribution in [0.2, 0.25) is 0 Å². The van der Waals surface area contributed by atoms with Gasteiger partial charge in [0.05, 0.1) is 18.3 Å². The van der Waals surface area contributed by atoms with Gasteiger partial charge in [0.15, 0.2) is 0 Å². The van der Waals surface area contributed by atoms with Crippen LogP contribution in [0.1, 0.15) is 46.1 Å². The van der Waals surface area contributed by atoms with Crippen LogP contribution in [0.3, 0.4) is 0 Å². The average Bonchev–Trinajstić information content (AvgIpc) is 3.31. The number of esters is 1. The Morgan fingerprint density at radius 2 is 2.00 bits per heavy atom. The number of carbonyl (C=O) groups excluding carboxylic acids is 1. The van der Waals surface area contributed by atoms with Crippen LogP contribution in [0.4, 0.5) is 0 Å². The molecule has 1 aliphatic rings. The standard InChI is InChI=1S/C18H28BNO5/c1-12-9-14(24-11-18(7-8-18)15(21)23-6)20-10-13(12)19-25-17(4,5)16(2,3)22/h9-10,19,22H,7-8,11H2,1-6H3. The molecule has 1 aromatic heterocycles. The minimum absolute atomic E-state index is 0.219. The Labute approximate surface area is 150 Å². The summed E-state index contributed by atoms with van der Waals surface area (Å²) in [7, 11) is 1.75. The predicted molar refractivity (Wildman–Crippen MR) is 96.4 cm³/mol. The molecule has 0 amide bonds. The summed E-state index contributed by atoms with van der Waals surface area (Å²) in [4.78, 5) is 16.0. The Hall–Kier alpha value is -1.60. The number of aromatic nitrogens is 1. The van der Waals surface area contributed by atoms with Crippen molar-refractivity contribution < 1.29 is 24.0 Å². The molecule has 1 saturated carbocycles. The largest absolute Gasteiger partial charge is 0.476 e. The zero-order valence-corrected chi connectivity index (χ0v) is 16.0. The van der Waals surface area contributed by atoms with Gasteiger partial charge < -0.3 is 19.2 Å². The van der Waals surface area contributed by atoms with E-state index in [2.05, 4.69) is 4.98 Å². The van der Waals surface area contributed by atoms with Gasteiger partial charge in [0.25, 0.3) is 0 Å². The Kier molecular flexibility index (Phi) is 5.49. The van der Waals surface area contributed by atoms with Gasteiger partial charge in [0.2, 0.25) is 5.88 Å². The number of hydrogen-bond acceptors (Lipinski definition) is 6. The van der Waals surface area contributed by atoms with Crippen molar-refractivity contribution in [2.75, 3.05) is 13.7 Å². The maximum Gasteiger partial charge on any atom is 0.315 e. The molecular weight excluding hydrogens is 321 g/mol. The number of aliphatic hydroxyl groups is 1. The normalized spacial score (nSPS) is 16.3. The maximum absolute atomic E-state index is 11.7. The molecule has 0 aromatic carbocycles. The highest BCUT2D eigenvalue weighted by Gasteiger charge is 2.52. The van der Waals surface area contributed by atoms with Crippen LogP contribution in [0, 0.1) is 12.3 Å². The highest BCUT2D eigenvalue weighted by atomic mass is 16.5. The minimum atomic E-state index is -0.955. The molecular formula is C18H28BNO5. The quantitative estimate of drug-likeness (QED) is 0.563. The van der Waals surface area contributed by atoms with Crippen LogP contribution in [-0.4, -0.2) is 48.5 Å². The van der Waals surface area contributed by atoms with Crippen LogP contribution in [0.25, 0.3) is 0 Å². The van der Waals surface area contributed by atoms with Crippen molar-refractivity contribution in [3.05, 3.63) is 17.8 Å². The summed E-state index contributed by atoms with van der Waals surface area (Å²) in [5, 5.41) is 10.2. The van der Waals surface area contributed by atoms with Crippen molar-refractivity contribution in [3.63, 3.8) is 0 Å². The van der Waals surface area contributed by atoms with E-state index in [-0.39, 0.29) is 12.6 Å². The highest BCUT2D eigenvalue weighted by molar-refractivity contribution is 6.47. The van der Waals surface area contributed by atoms with Gasteiger partial charge in [-0.15, -0.1) is 0 Å². The summed E-state index contributed by atoms with van der Waals surface area (Å²) >= 11 is 0. The second kappa shape index (κ2) is 6.96. The van der Waals surface area contributed by atoms with Crippen molar-refractivity contribution in [1.29, 1.82) is 0 Å². The van der Waals surface area contributed by atoms with Gasteiger partial charge in [-0.1, -0.05) is 0 Å². The average molecular weight is 349 g/mol. The summed E-state index contributed by atoms with van der Waals surface area (Å²) in [6, 6.07) is 1.84. The van der Waals surface area contributed by atoms with Crippen molar-refractivity contribution in [2.24, 2.45) is 5.41 Å². The fraction of sp³-hybridized carbons (Fsp3) is 0.667. The third kappa shape index (κ3) is 4.52. The van der Waals surface area contributed by atoms with E-state index < -0.39 is 16.6 Å². The number of nitrogens with zero attached hydrogens (tertiary/aromatic N) is 1. The number of rotatable bonds is 8. The van der Waals surface area contributed by atoms with Gasteiger partial charge >= 0.3 is 13.5 Å². The first-order valence-corrected chi connectivity index (χ1v) is 8.54. The SMILES string of the molecule is COC(=O)C1(COc2cc(C)c(BOC(C)(C)C(C)(C)O)cn2)CC1. The molecule has 0 spiro atoms. The zero-order chi connectivity index (χ0) is 18.9. The van der Waals surface area contributed by atoms with E-state index in [0.717, 1.165) is 23.9 Å². The third-order valence-corrected chi connectivity index (χ3v) is 5.22. The van der Waals surface area contributed by atoms with Crippen LogP contribution < -0.4 is 10.2 Å². The Morgan fingerprint density at radius 3 is 2.48 bits per heavy atom. The molecule has 25 heavy (non-hydrogen) atoms. The smallest absolute Gasteiger partial charge is 0.315 e. The second-order valence-corrected chi connectivity index (χ2v) is 7.87. The zero-order valence-electron chi connectivity index (χ0n) is 16.0. The van der Waals surface area contributed by atoms with Gasteiger partial charge in [-0.25, -0.2) is 4.98 Å². The fourth-order valence-corrected chi connectivity index (χ4v) is 2.21. The molecule has 7 heteroatoms. The third-order valence-electron chi connectivity index (χ3n) is 5.22. The molecule has 2 rings (SSSR count). The summed E-state index contributed by atoms with van der Waals surface area (Å²) < 4.78 is 16.4. The van der Waals surface area contributed by atoms with Crippen molar-refractivity contribution in [1.82, 2.24) is 4.98 Å². The van der Waals surface area contributed by atoms with Crippen LogP contribution in [0.5, 0.6) is 5.88 Å². The molecule has 0 unspecified atom stereocenters. The molecule has 0 bridgehead atoms. The molecule has 1 aliphatic carbocycles. The first-order chi connectivity index (χ1) is 11.5. The number of hydrogen-bond donors (Lipinski definition) is 1. The number of pyridine rings is 1. The van der Waals surface area contributed by atoms with Crippen molar-refractivity contribution in [3.8, 4) is 5.88 Å². The van der Waals surface area contributed by atoms with E-state index in [1.165, 1.54) is 7.11 Å². The fourth-order valence-electron chi connectivity index (χ4n) is 2.21. The number of aryl methyl sites for hydroxylation is 1.